The predicted molar refractivity (Wildman–Crippen MR) is 94.8 cm³/mol. The first kappa shape index (κ1) is 18.1. The van der Waals surface area contributed by atoms with Crippen LogP contribution in [0.3, 0.4) is 0 Å². The SMILES string of the molecule is O=C(CCn1ccc(=O)[nH]c1=O)NCC#CCOc1ccc2c(c1)OCO2. The summed E-state index contributed by atoms with van der Waals surface area (Å²) in [6.07, 6.45) is 1.45. The van der Waals surface area contributed by atoms with Crippen LogP contribution in [0, 0.1) is 11.8 Å². The Bertz CT molecular complexity index is 998. The third-order valence-electron chi connectivity index (χ3n) is 3.63. The number of benzene rings is 1. The first-order chi connectivity index (χ1) is 13.1. The van der Waals surface area contributed by atoms with Gasteiger partial charge < -0.3 is 24.1 Å². The summed E-state index contributed by atoms with van der Waals surface area (Å²) in [5.74, 6) is 7.25. The van der Waals surface area contributed by atoms with Gasteiger partial charge in [0.25, 0.3) is 5.56 Å². The zero-order valence-corrected chi connectivity index (χ0v) is 14.3. The predicted octanol–water partition coefficient (Wildman–Crippen LogP) is -0.146. The number of aromatic amines is 1. The van der Waals surface area contributed by atoms with Gasteiger partial charge in [0.15, 0.2) is 11.5 Å². The van der Waals surface area contributed by atoms with Gasteiger partial charge in [-0.3, -0.25) is 14.6 Å². The molecule has 0 saturated heterocycles. The highest BCUT2D eigenvalue weighted by Gasteiger charge is 2.13. The lowest BCUT2D eigenvalue weighted by Gasteiger charge is -2.04. The fourth-order valence-electron chi connectivity index (χ4n) is 2.27. The molecule has 9 heteroatoms. The number of H-pyrrole nitrogens is 1. The van der Waals surface area contributed by atoms with Gasteiger partial charge in [-0.15, -0.1) is 0 Å². The lowest BCUT2D eigenvalue weighted by atomic mass is 10.3. The number of hydrogen-bond donors (Lipinski definition) is 2. The second-order valence-electron chi connectivity index (χ2n) is 5.49. The van der Waals surface area contributed by atoms with E-state index >= 15 is 0 Å². The van der Waals surface area contributed by atoms with E-state index < -0.39 is 11.2 Å². The molecule has 0 unspecified atom stereocenters. The van der Waals surface area contributed by atoms with E-state index in [1.165, 1.54) is 16.8 Å². The Kier molecular flexibility index (Phi) is 5.79. The number of ether oxygens (including phenoxy) is 3. The molecule has 1 amide bonds. The summed E-state index contributed by atoms with van der Waals surface area (Å²) in [5, 5.41) is 2.62. The molecule has 0 fully saturated rings. The topological polar surface area (TPSA) is 112 Å². The number of fused-ring (bicyclic) bond motifs is 1. The van der Waals surface area contributed by atoms with Gasteiger partial charge in [0.2, 0.25) is 12.7 Å². The van der Waals surface area contributed by atoms with Crippen LogP contribution < -0.4 is 30.8 Å². The minimum atomic E-state index is -0.546. The summed E-state index contributed by atoms with van der Waals surface area (Å²) in [4.78, 5) is 36.3. The molecule has 0 radical (unpaired) electrons. The maximum absolute atomic E-state index is 11.7. The summed E-state index contributed by atoms with van der Waals surface area (Å²) in [6, 6.07) is 6.48. The monoisotopic (exact) mass is 371 g/mol. The van der Waals surface area contributed by atoms with Crippen molar-refractivity contribution in [2.45, 2.75) is 13.0 Å². The average Bonchev–Trinajstić information content (AvgIpc) is 3.11. The minimum Gasteiger partial charge on any atom is -0.481 e. The third-order valence-corrected chi connectivity index (χ3v) is 3.63. The molecule has 0 bridgehead atoms. The molecule has 27 heavy (non-hydrogen) atoms. The number of aryl methyl sites for hydroxylation is 1. The van der Waals surface area contributed by atoms with E-state index in [1.807, 2.05) is 0 Å². The summed E-state index contributed by atoms with van der Waals surface area (Å²) in [7, 11) is 0. The number of aromatic nitrogens is 2. The molecule has 0 spiro atoms. The normalized spacial score (nSPS) is 11.4. The van der Waals surface area contributed by atoms with Crippen molar-refractivity contribution in [3.63, 3.8) is 0 Å². The van der Waals surface area contributed by atoms with Crippen LogP contribution >= 0.6 is 0 Å². The van der Waals surface area contributed by atoms with Crippen LogP contribution in [0.15, 0.2) is 40.1 Å². The van der Waals surface area contributed by atoms with Gasteiger partial charge in [0.1, 0.15) is 12.4 Å². The summed E-state index contributed by atoms with van der Waals surface area (Å²) in [6.45, 7) is 0.712. The Morgan fingerprint density at radius 1 is 1.22 bits per heavy atom. The van der Waals surface area contributed by atoms with E-state index in [-0.39, 0.29) is 38.8 Å². The van der Waals surface area contributed by atoms with Gasteiger partial charge in [-0.2, -0.15) is 0 Å². The highest BCUT2D eigenvalue weighted by molar-refractivity contribution is 5.76. The van der Waals surface area contributed by atoms with Gasteiger partial charge in [0, 0.05) is 31.3 Å². The minimum absolute atomic E-state index is 0.0985. The van der Waals surface area contributed by atoms with Crippen molar-refractivity contribution in [3.05, 3.63) is 51.3 Å². The molecular formula is C18H17N3O6. The molecule has 9 nitrogen and oxygen atoms in total. The second kappa shape index (κ2) is 8.62. The van der Waals surface area contributed by atoms with Crippen LogP contribution in [0.25, 0.3) is 0 Å². The molecule has 1 aliphatic heterocycles. The molecule has 140 valence electrons. The fraction of sp³-hybridized carbons (Fsp3) is 0.278. The fourth-order valence-corrected chi connectivity index (χ4v) is 2.27. The molecule has 2 N–H and O–H groups in total. The van der Waals surface area contributed by atoms with Crippen LogP contribution in [0.4, 0.5) is 0 Å². The van der Waals surface area contributed by atoms with E-state index in [2.05, 4.69) is 22.1 Å². The van der Waals surface area contributed by atoms with E-state index in [9.17, 15) is 14.4 Å². The van der Waals surface area contributed by atoms with Gasteiger partial charge in [-0.25, -0.2) is 4.79 Å². The number of nitrogens with zero attached hydrogens (tertiary/aromatic N) is 1. The number of nitrogens with one attached hydrogen (secondary N) is 2. The molecule has 0 saturated carbocycles. The maximum Gasteiger partial charge on any atom is 0.328 e. The number of carbonyl (C=O) groups excluding carboxylic acids is 1. The summed E-state index contributed by atoms with van der Waals surface area (Å²) in [5.41, 5.74) is -1.02. The molecule has 0 atom stereocenters. The van der Waals surface area contributed by atoms with E-state index in [4.69, 9.17) is 14.2 Å². The molecule has 1 aliphatic rings. The third kappa shape index (κ3) is 5.15. The largest absolute Gasteiger partial charge is 0.481 e. The Morgan fingerprint density at radius 2 is 2.07 bits per heavy atom. The zero-order valence-electron chi connectivity index (χ0n) is 14.3. The van der Waals surface area contributed by atoms with Crippen molar-refractivity contribution < 1.29 is 19.0 Å². The lowest BCUT2D eigenvalue weighted by molar-refractivity contribution is -0.121. The van der Waals surface area contributed by atoms with E-state index in [0.29, 0.717) is 17.2 Å². The van der Waals surface area contributed by atoms with Crippen LogP contribution in [-0.2, 0) is 11.3 Å². The molecule has 1 aromatic carbocycles. The number of carbonyl (C=O) groups is 1. The standard InChI is InChI=1S/C18H17N3O6/c22-16(5-8-21-9-6-17(23)20-18(21)24)19-7-1-2-10-25-13-3-4-14-15(11-13)27-12-26-14/h3-4,6,9,11H,5,7-8,10,12H2,(H,19,22)(H,20,23,24). The highest BCUT2D eigenvalue weighted by atomic mass is 16.7. The first-order valence-corrected chi connectivity index (χ1v) is 8.16. The van der Waals surface area contributed by atoms with Gasteiger partial charge in [-0.1, -0.05) is 11.8 Å². The Morgan fingerprint density at radius 3 is 2.93 bits per heavy atom. The van der Waals surface area contributed by atoms with E-state index in [1.54, 1.807) is 18.2 Å². The molecule has 2 heterocycles. The maximum atomic E-state index is 11.7. The van der Waals surface area contributed by atoms with Crippen molar-refractivity contribution >= 4 is 5.91 Å². The van der Waals surface area contributed by atoms with Crippen molar-refractivity contribution in [3.8, 4) is 29.1 Å². The van der Waals surface area contributed by atoms with Crippen molar-refractivity contribution in [1.29, 1.82) is 0 Å². The highest BCUT2D eigenvalue weighted by Crippen LogP contribution is 2.34. The zero-order chi connectivity index (χ0) is 19.1. The molecule has 2 aromatic rings. The van der Waals surface area contributed by atoms with Crippen molar-refractivity contribution in [2.24, 2.45) is 0 Å². The Hall–Kier alpha value is -3.67. The van der Waals surface area contributed by atoms with Crippen molar-refractivity contribution in [2.75, 3.05) is 19.9 Å². The Labute approximate surface area is 153 Å². The first-order valence-electron chi connectivity index (χ1n) is 8.16. The van der Waals surface area contributed by atoms with Crippen LogP contribution in [0.5, 0.6) is 17.2 Å². The average molecular weight is 371 g/mol. The van der Waals surface area contributed by atoms with Crippen LogP contribution in [0.1, 0.15) is 6.42 Å². The quantitative estimate of drug-likeness (QED) is 0.684. The van der Waals surface area contributed by atoms with Crippen molar-refractivity contribution in [1.82, 2.24) is 14.9 Å². The summed E-state index contributed by atoms with van der Waals surface area (Å²) >= 11 is 0. The van der Waals surface area contributed by atoms with E-state index in [0.717, 1.165) is 0 Å². The lowest BCUT2D eigenvalue weighted by Crippen LogP contribution is -2.31. The van der Waals surface area contributed by atoms with Gasteiger partial charge >= 0.3 is 5.69 Å². The Balaban J connectivity index is 1.35. The van der Waals surface area contributed by atoms with Crippen LogP contribution in [-0.4, -0.2) is 35.4 Å². The number of amides is 1. The number of rotatable bonds is 6. The molecule has 0 aliphatic carbocycles. The van der Waals surface area contributed by atoms with Gasteiger partial charge in [-0.05, 0) is 12.1 Å². The molecular weight excluding hydrogens is 354 g/mol. The van der Waals surface area contributed by atoms with Crippen LogP contribution in [0.2, 0.25) is 0 Å². The second-order valence-corrected chi connectivity index (χ2v) is 5.49. The molecule has 3 rings (SSSR count). The smallest absolute Gasteiger partial charge is 0.328 e. The summed E-state index contributed by atoms with van der Waals surface area (Å²) < 4.78 is 17.2. The van der Waals surface area contributed by atoms with Gasteiger partial charge in [0.05, 0.1) is 6.54 Å². The number of hydrogen-bond acceptors (Lipinski definition) is 6. The molecule has 1 aromatic heterocycles.